The molecule has 0 heterocycles. The number of carbonyl (C=O) groups is 1. The van der Waals surface area contributed by atoms with Crippen molar-refractivity contribution in [2.45, 2.75) is 12.8 Å². The minimum Gasteiger partial charge on any atom is -0.469 e. The van der Waals surface area contributed by atoms with E-state index in [4.69, 9.17) is 11.6 Å². The summed E-state index contributed by atoms with van der Waals surface area (Å²) in [5, 5.41) is 3.18. The summed E-state index contributed by atoms with van der Waals surface area (Å²) in [6.45, 7) is 0.468. The van der Waals surface area contributed by atoms with Crippen LogP contribution in [-0.2, 0) is 9.53 Å². The van der Waals surface area contributed by atoms with Crippen molar-refractivity contribution in [3.63, 3.8) is 0 Å². The number of carbonyl (C=O) groups excluding carboxylic acids is 1. The predicted molar refractivity (Wildman–Crippen MR) is 61.1 cm³/mol. The first-order chi connectivity index (χ1) is 7.65. The zero-order valence-electron chi connectivity index (χ0n) is 8.93. The second-order valence-corrected chi connectivity index (χ2v) is 3.61. The summed E-state index contributed by atoms with van der Waals surface area (Å²) in [6.07, 6.45) is 0.868. The molecule has 0 fully saturated rings. The number of hydrogen-bond donors (Lipinski definition) is 1. The summed E-state index contributed by atoms with van der Waals surface area (Å²) < 4.78 is 17.7. The summed E-state index contributed by atoms with van der Waals surface area (Å²) in [5.74, 6) is -0.674. The fourth-order valence-electron chi connectivity index (χ4n) is 1.21. The number of methoxy groups -OCH3 is 1. The van der Waals surface area contributed by atoms with Crippen molar-refractivity contribution in [2.24, 2.45) is 0 Å². The maximum Gasteiger partial charge on any atom is 0.305 e. The van der Waals surface area contributed by atoms with E-state index in [1.165, 1.54) is 19.2 Å². The molecule has 88 valence electrons. The maximum atomic E-state index is 13.3. The van der Waals surface area contributed by atoms with Crippen LogP contribution < -0.4 is 5.32 Å². The largest absolute Gasteiger partial charge is 0.469 e. The van der Waals surface area contributed by atoms with Gasteiger partial charge in [0.15, 0.2) is 0 Å². The lowest BCUT2D eigenvalue weighted by molar-refractivity contribution is -0.140. The fraction of sp³-hybridized carbons (Fsp3) is 0.364. The number of anilines is 1. The van der Waals surface area contributed by atoms with E-state index in [2.05, 4.69) is 10.1 Å². The van der Waals surface area contributed by atoms with E-state index < -0.39 is 5.82 Å². The zero-order valence-corrected chi connectivity index (χ0v) is 9.68. The molecule has 1 N–H and O–H groups in total. The molecule has 1 aromatic rings. The van der Waals surface area contributed by atoms with E-state index >= 15 is 0 Å². The van der Waals surface area contributed by atoms with Crippen LogP contribution in [0.15, 0.2) is 18.2 Å². The Morgan fingerprint density at radius 3 is 2.94 bits per heavy atom. The normalized spacial score (nSPS) is 9.94. The van der Waals surface area contributed by atoms with Gasteiger partial charge in [-0.15, -0.1) is 0 Å². The van der Waals surface area contributed by atoms with E-state index in [0.717, 1.165) is 0 Å². The monoisotopic (exact) mass is 245 g/mol. The molecule has 0 amide bonds. The lowest BCUT2D eigenvalue weighted by Crippen LogP contribution is -2.07. The Bertz CT molecular complexity index is 351. The van der Waals surface area contributed by atoms with Gasteiger partial charge in [-0.1, -0.05) is 17.7 Å². The fourth-order valence-corrected chi connectivity index (χ4v) is 1.44. The molecule has 0 aromatic heterocycles. The Kier molecular flexibility index (Phi) is 5.05. The van der Waals surface area contributed by atoms with Gasteiger partial charge in [-0.05, 0) is 18.6 Å². The molecule has 3 nitrogen and oxygen atoms in total. The number of benzene rings is 1. The first-order valence-electron chi connectivity index (χ1n) is 4.90. The van der Waals surface area contributed by atoms with Gasteiger partial charge in [-0.3, -0.25) is 4.79 Å². The Morgan fingerprint density at radius 1 is 1.56 bits per heavy atom. The third-order valence-corrected chi connectivity index (χ3v) is 2.36. The van der Waals surface area contributed by atoms with Crippen LogP contribution in [0.3, 0.4) is 0 Å². The van der Waals surface area contributed by atoms with Crippen molar-refractivity contribution < 1.29 is 13.9 Å². The Balaban J connectivity index is 2.40. The Hall–Kier alpha value is -1.29. The molecule has 0 aliphatic heterocycles. The molecule has 5 heteroatoms. The molecule has 16 heavy (non-hydrogen) atoms. The van der Waals surface area contributed by atoms with Gasteiger partial charge in [0.2, 0.25) is 0 Å². The van der Waals surface area contributed by atoms with Crippen molar-refractivity contribution in [1.82, 2.24) is 0 Å². The average Bonchev–Trinajstić information content (AvgIpc) is 2.27. The third kappa shape index (κ3) is 3.70. The highest BCUT2D eigenvalue weighted by molar-refractivity contribution is 6.33. The number of para-hydroxylation sites is 1. The summed E-state index contributed by atoms with van der Waals surface area (Å²) in [6, 6.07) is 4.47. The quantitative estimate of drug-likeness (QED) is 0.640. The molecule has 0 bridgehead atoms. The van der Waals surface area contributed by atoms with Gasteiger partial charge in [-0.25, -0.2) is 4.39 Å². The molecule has 0 spiro atoms. The van der Waals surface area contributed by atoms with Crippen molar-refractivity contribution in [1.29, 1.82) is 0 Å². The summed E-state index contributed by atoms with van der Waals surface area (Å²) >= 11 is 5.80. The summed E-state index contributed by atoms with van der Waals surface area (Å²) in [7, 11) is 1.34. The van der Waals surface area contributed by atoms with Gasteiger partial charge < -0.3 is 10.1 Å². The molecular weight excluding hydrogens is 233 g/mol. The molecule has 0 saturated carbocycles. The third-order valence-electron chi connectivity index (χ3n) is 2.05. The lowest BCUT2D eigenvalue weighted by atomic mass is 10.2. The Morgan fingerprint density at radius 2 is 2.31 bits per heavy atom. The molecule has 0 atom stereocenters. The second kappa shape index (κ2) is 6.33. The highest BCUT2D eigenvalue weighted by Crippen LogP contribution is 2.24. The highest BCUT2D eigenvalue weighted by Gasteiger charge is 2.06. The molecule has 1 aromatic carbocycles. The molecule has 1 rings (SSSR count). The topological polar surface area (TPSA) is 38.3 Å². The minimum absolute atomic E-state index is 0.272. The number of ether oxygens (including phenoxy) is 1. The van der Waals surface area contributed by atoms with Gasteiger partial charge >= 0.3 is 5.97 Å². The van der Waals surface area contributed by atoms with Crippen LogP contribution in [0.5, 0.6) is 0 Å². The Labute approximate surface area is 98.5 Å². The summed E-state index contributed by atoms with van der Waals surface area (Å²) in [5.41, 5.74) is 0.272. The van der Waals surface area contributed by atoms with Crippen LogP contribution in [0, 0.1) is 5.82 Å². The van der Waals surface area contributed by atoms with E-state index in [1.807, 2.05) is 0 Å². The molecule has 0 aliphatic carbocycles. The maximum absolute atomic E-state index is 13.3. The van der Waals surface area contributed by atoms with E-state index in [0.29, 0.717) is 24.4 Å². The highest BCUT2D eigenvalue weighted by atomic mass is 35.5. The molecule has 0 aliphatic rings. The van der Waals surface area contributed by atoms with Gasteiger partial charge in [0, 0.05) is 13.0 Å². The van der Waals surface area contributed by atoms with Crippen LogP contribution in [-0.4, -0.2) is 19.6 Å². The van der Waals surface area contributed by atoms with Gasteiger partial charge in [0.25, 0.3) is 0 Å². The van der Waals surface area contributed by atoms with Gasteiger partial charge in [-0.2, -0.15) is 0 Å². The summed E-state index contributed by atoms with van der Waals surface area (Å²) in [4.78, 5) is 10.8. The second-order valence-electron chi connectivity index (χ2n) is 3.20. The molecule has 0 saturated heterocycles. The van der Waals surface area contributed by atoms with E-state index in [1.54, 1.807) is 6.07 Å². The molecule has 0 radical (unpaired) electrons. The zero-order chi connectivity index (χ0) is 12.0. The van der Waals surface area contributed by atoms with Crippen LogP contribution >= 0.6 is 11.6 Å². The smallest absolute Gasteiger partial charge is 0.305 e. The standard InChI is InChI=1S/C11H13ClFNO2/c1-16-10(15)6-3-7-14-11-8(12)4-2-5-9(11)13/h2,4-5,14H,3,6-7H2,1H3. The van der Waals surface area contributed by atoms with Crippen molar-refractivity contribution in [3.05, 3.63) is 29.0 Å². The number of rotatable bonds is 5. The van der Waals surface area contributed by atoms with E-state index in [9.17, 15) is 9.18 Å². The van der Waals surface area contributed by atoms with Crippen molar-refractivity contribution in [2.75, 3.05) is 19.0 Å². The predicted octanol–water partition coefficient (Wildman–Crippen LogP) is 2.84. The number of nitrogens with one attached hydrogen (secondary N) is 1. The van der Waals surface area contributed by atoms with Crippen LogP contribution in [0.2, 0.25) is 5.02 Å². The number of halogens is 2. The van der Waals surface area contributed by atoms with Crippen LogP contribution in [0.1, 0.15) is 12.8 Å². The van der Waals surface area contributed by atoms with Gasteiger partial charge in [0.1, 0.15) is 5.82 Å². The lowest BCUT2D eigenvalue weighted by Gasteiger charge is -2.08. The number of hydrogen-bond acceptors (Lipinski definition) is 3. The van der Waals surface area contributed by atoms with Crippen molar-refractivity contribution in [3.8, 4) is 0 Å². The number of esters is 1. The van der Waals surface area contributed by atoms with Crippen molar-refractivity contribution >= 4 is 23.3 Å². The van der Waals surface area contributed by atoms with Crippen LogP contribution in [0.25, 0.3) is 0 Å². The van der Waals surface area contributed by atoms with Crippen LogP contribution in [0.4, 0.5) is 10.1 Å². The SMILES string of the molecule is COC(=O)CCCNc1c(F)cccc1Cl. The molecular formula is C11H13ClFNO2. The first-order valence-corrected chi connectivity index (χ1v) is 5.27. The molecule has 0 unspecified atom stereocenters. The van der Waals surface area contributed by atoms with E-state index in [-0.39, 0.29) is 11.7 Å². The minimum atomic E-state index is -0.398. The average molecular weight is 246 g/mol. The van der Waals surface area contributed by atoms with Gasteiger partial charge in [0.05, 0.1) is 17.8 Å². The first kappa shape index (κ1) is 12.8.